The first-order valence-corrected chi connectivity index (χ1v) is 6.95. The molecule has 2 aromatic rings. The second kappa shape index (κ2) is 6.43. The number of ether oxygens (including phenoxy) is 1. The third-order valence-corrected chi connectivity index (χ3v) is 3.81. The first-order chi connectivity index (χ1) is 9.93. The van der Waals surface area contributed by atoms with Crippen LogP contribution in [0.3, 0.4) is 0 Å². The summed E-state index contributed by atoms with van der Waals surface area (Å²) in [5.41, 5.74) is 7.45. The number of nitrogens with one attached hydrogen (secondary N) is 1. The Hall–Kier alpha value is -1.62. The van der Waals surface area contributed by atoms with Crippen LogP contribution in [0.5, 0.6) is 0 Å². The lowest BCUT2D eigenvalue weighted by Gasteiger charge is -2.15. The van der Waals surface area contributed by atoms with E-state index in [0.717, 1.165) is 0 Å². The lowest BCUT2D eigenvalue weighted by molar-refractivity contribution is 0.0602. The maximum absolute atomic E-state index is 11.8. The van der Waals surface area contributed by atoms with E-state index in [-0.39, 0.29) is 0 Å². The summed E-state index contributed by atoms with van der Waals surface area (Å²) >= 11 is 18.0. The largest absolute Gasteiger partial charge is 0.465 e. The highest BCUT2D eigenvalue weighted by molar-refractivity contribution is 6.44. The molecule has 110 valence electrons. The number of nitrogens with two attached hydrogens (primary N) is 1. The van der Waals surface area contributed by atoms with E-state index < -0.39 is 5.97 Å². The van der Waals surface area contributed by atoms with Crippen molar-refractivity contribution in [2.45, 2.75) is 0 Å². The Balaban J connectivity index is 2.49. The van der Waals surface area contributed by atoms with E-state index in [1.54, 1.807) is 24.3 Å². The Morgan fingerprint density at radius 2 is 1.81 bits per heavy atom. The fraction of sp³-hybridized carbons (Fsp3) is 0.0714. The number of hydrogen-bond acceptors (Lipinski definition) is 4. The molecule has 0 bridgehead atoms. The minimum atomic E-state index is -0.513. The molecular weight excluding hydrogens is 335 g/mol. The van der Waals surface area contributed by atoms with E-state index in [4.69, 9.17) is 45.3 Å². The van der Waals surface area contributed by atoms with Crippen molar-refractivity contribution >= 4 is 57.8 Å². The molecule has 2 aromatic carbocycles. The Morgan fingerprint density at radius 3 is 2.48 bits per heavy atom. The van der Waals surface area contributed by atoms with Gasteiger partial charge in [0.1, 0.15) is 0 Å². The second-order valence-electron chi connectivity index (χ2n) is 4.13. The predicted octanol–water partition coefficient (Wildman–Crippen LogP) is 4.76. The molecule has 0 heterocycles. The zero-order valence-corrected chi connectivity index (χ0v) is 13.2. The molecule has 0 aliphatic heterocycles. The quantitative estimate of drug-likeness (QED) is 0.478. The third kappa shape index (κ3) is 3.35. The molecule has 4 nitrogen and oxygen atoms in total. The minimum absolute atomic E-state index is 0.291. The number of esters is 1. The molecule has 0 atom stereocenters. The summed E-state index contributed by atoms with van der Waals surface area (Å²) in [6.45, 7) is 0. The van der Waals surface area contributed by atoms with Crippen LogP contribution in [0.2, 0.25) is 15.1 Å². The monoisotopic (exact) mass is 344 g/mol. The van der Waals surface area contributed by atoms with Crippen molar-refractivity contribution in [3.8, 4) is 0 Å². The van der Waals surface area contributed by atoms with Crippen LogP contribution in [0.25, 0.3) is 0 Å². The molecule has 3 N–H and O–H groups in total. The van der Waals surface area contributed by atoms with E-state index in [1.165, 1.54) is 13.2 Å². The number of hydrogen-bond donors (Lipinski definition) is 2. The number of para-hydroxylation sites is 1. The van der Waals surface area contributed by atoms with E-state index in [1.807, 2.05) is 0 Å². The number of carbonyl (C=O) groups is 1. The van der Waals surface area contributed by atoms with Gasteiger partial charge in [0.05, 0.1) is 44.8 Å². The van der Waals surface area contributed by atoms with Crippen molar-refractivity contribution in [1.82, 2.24) is 0 Å². The molecule has 0 fully saturated rings. The van der Waals surface area contributed by atoms with E-state index in [0.29, 0.717) is 37.7 Å². The molecule has 7 heteroatoms. The van der Waals surface area contributed by atoms with Crippen LogP contribution < -0.4 is 11.1 Å². The summed E-state index contributed by atoms with van der Waals surface area (Å²) in [5, 5.41) is 4.01. The van der Waals surface area contributed by atoms with Crippen molar-refractivity contribution in [2.24, 2.45) is 0 Å². The van der Waals surface area contributed by atoms with Gasteiger partial charge in [-0.05, 0) is 24.3 Å². The first kappa shape index (κ1) is 15.8. The van der Waals surface area contributed by atoms with Crippen LogP contribution >= 0.6 is 34.8 Å². The van der Waals surface area contributed by atoms with Crippen LogP contribution in [-0.2, 0) is 4.74 Å². The van der Waals surface area contributed by atoms with Crippen molar-refractivity contribution < 1.29 is 9.53 Å². The molecule has 0 aliphatic rings. The van der Waals surface area contributed by atoms with Gasteiger partial charge in [-0.25, -0.2) is 4.79 Å². The minimum Gasteiger partial charge on any atom is -0.465 e. The van der Waals surface area contributed by atoms with E-state index in [2.05, 4.69) is 5.32 Å². The van der Waals surface area contributed by atoms with E-state index in [9.17, 15) is 4.79 Å². The van der Waals surface area contributed by atoms with Crippen LogP contribution in [0.15, 0.2) is 30.3 Å². The number of benzene rings is 2. The number of methoxy groups -OCH3 is 1. The van der Waals surface area contributed by atoms with Crippen molar-refractivity contribution in [3.63, 3.8) is 0 Å². The molecule has 0 saturated heterocycles. The summed E-state index contributed by atoms with van der Waals surface area (Å²) in [4.78, 5) is 11.8. The molecule has 0 aromatic heterocycles. The lowest BCUT2D eigenvalue weighted by Crippen LogP contribution is -2.08. The molecule has 0 unspecified atom stereocenters. The first-order valence-electron chi connectivity index (χ1n) is 5.82. The highest BCUT2D eigenvalue weighted by Gasteiger charge is 2.16. The van der Waals surface area contributed by atoms with Gasteiger partial charge < -0.3 is 15.8 Å². The summed E-state index contributed by atoms with van der Waals surface area (Å²) in [7, 11) is 1.29. The van der Waals surface area contributed by atoms with Gasteiger partial charge in [-0.2, -0.15) is 0 Å². The van der Waals surface area contributed by atoms with Crippen LogP contribution in [-0.4, -0.2) is 13.1 Å². The predicted molar refractivity (Wildman–Crippen MR) is 86.9 cm³/mol. The van der Waals surface area contributed by atoms with Crippen molar-refractivity contribution in [2.75, 3.05) is 18.2 Å². The molecular formula is C14H11Cl3N2O2. The van der Waals surface area contributed by atoms with Gasteiger partial charge in [0, 0.05) is 0 Å². The van der Waals surface area contributed by atoms with Crippen LogP contribution in [0, 0.1) is 0 Å². The molecule has 0 amide bonds. The third-order valence-electron chi connectivity index (χ3n) is 2.77. The number of halogens is 3. The average molecular weight is 346 g/mol. The average Bonchev–Trinajstić information content (AvgIpc) is 2.45. The Kier molecular flexibility index (Phi) is 4.83. The molecule has 0 saturated carbocycles. The fourth-order valence-electron chi connectivity index (χ4n) is 1.74. The number of anilines is 3. The fourth-order valence-corrected chi connectivity index (χ4v) is 2.34. The van der Waals surface area contributed by atoms with Gasteiger partial charge >= 0.3 is 5.97 Å². The summed E-state index contributed by atoms with van der Waals surface area (Å²) in [6.07, 6.45) is 0. The topological polar surface area (TPSA) is 64.3 Å². The second-order valence-corrected chi connectivity index (χ2v) is 5.35. The smallest absolute Gasteiger partial charge is 0.340 e. The van der Waals surface area contributed by atoms with E-state index >= 15 is 0 Å². The lowest BCUT2D eigenvalue weighted by atomic mass is 10.1. The maximum atomic E-state index is 11.8. The SMILES string of the molecule is COC(=O)c1cccc(N)c1Nc1cc(Cl)c(Cl)cc1Cl. The maximum Gasteiger partial charge on any atom is 0.340 e. The van der Waals surface area contributed by atoms with Gasteiger partial charge in [0.25, 0.3) is 0 Å². The number of carbonyl (C=O) groups excluding carboxylic acids is 1. The van der Waals surface area contributed by atoms with Crippen molar-refractivity contribution in [3.05, 3.63) is 51.0 Å². The number of rotatable bonds is 3. The van der Waals surface area contributed by atoms with Crippen LogP contribution in [0.4, 0.5) is 17.1 Å². The summed E-state index contributed by atoms with van der Waals surface area (Å²) in [6, 6.07) is 7.96. The summed E-state index contributed by atoms with van der Waals surface area (Å²) < 4.78 is 4.73. The Bertz CT molecular complexity index is 705. The number of nitrogen functional groups attached to an aromatic ring is 1. The molecule has 2 rings (SSSR count). The molecule has 0 spiro atoms. The molecule has 0 aliphatic carbocycles. The highest BCUT2D eigenvalue weighted by Crippen LogP contribution is 2.36. The van der Waals surface area contributed by atoms with Gasteiger partial charge in [-0.1, -0.05) is 40.9 Å². The molecule has 21 heavy (non-hydrogen) atoms. The highest BCUT2D eigenvalue weighted by atomic mass is 35.5. The van der Waals surface area contributed by atoms with Gasteiger partial charge in [-0.3, -0.25) is 0 Å². The standard InChI is InChI=1S/C14H11Cl3N2O2/c1-21-14(20)7-3-2-4-11(18)13(7)19-12-6-9(16)8(15)5-10(12)17/h2-6,19H,18H2,1H3. The summed E-state index contributed by atoms with van der Waals surface area (Å²) in [5.74, 6) is -0.513. The zero-order chi connectivity index (χ0) is 15.6. The van der Waals surface area contributed by atoms with Gasteiger partial charge in [-0.15, -0.1) is 0 Å². The van der Waals surface area contributed by atoms with Crippen molar-refractivity contribution in [1.29, 1.82) is 0 Å². The Labute approximate surface area is 136 Å². The van der Waals surface area contributed by atoms with Crippen LogP contribution in [0.1, 0.15) is 10.4 Å². The zero-order valence-electron chi connectivity index (χ0n) is 10.9. The molecule has 0 radical (unpaired) electrons. The Morgan fingerprint density at radius 1 is 1.14 bits per heavy atom. The van der Waals surface area contributed by atoms with Gasteiger partial charge in [0.2, 0.25) is 0 Å². The normalized spacial score (nSPS) is 10.3. The van der Waals surface area contributed by atoms with Gasteiger partial charge in [0.15, 0.2) is 0 Å².